The second-order valence-corrected chi connectivity index (χ2v) is 13.5. The Balaban J connectivity index is 1.64. The quantitative estimate of drug-likeness (QED) is 0.273. The van der Waals surface area contributed by atoms with Crippen molar-refractivity contribution in [3.63, 3.8) is 0 Å². The van der Waals surface area contributed by atoms with Crippen LogP contribution in [0.3, 0.4) is 0 Å². The Morgan fingerprint density at radius 2 is 1.90 bits per heavy atom. The monoisotopic (exact) mass is 441 g/mol. The molecule has 31 heavy (non-hydrogen) atoms. The van der Waals surface area contributed by atoms with Crippen LogP contribution in [0.2, 0.25) is 18.1 Å². The van der Waals surface area contributed by atoms with E-state index in [4.69, 9.17) is 9.16 Å². The standard InChI is InChI=1S/C21H27N5O4Si/c1-21(2,3)31(4,5)29-11-10-25-15-16(13-24-25)19-12-17(8-9-22-19)30-18-6-7-20(23-14-18)26(27)28/h6-9,12-15H,10-11H2,1-5H3. The molecule has 0 aliphatic rings. The van der Waals surface area contributed by atoms with Crippen molar-refractivity contribution < 1.29 is 14.1 Å². The molecule has 3 heterocycles. The van der Waals surface area contributed by atoms with Crippen molar-refractivity contribution in [2.75, 3.05) is 6.61 Å². The summed E-state index contributed by atoms with van der Waals surface area (Å²) in [6.07, 6.45) is 6.64. The Morgan fingerprint density at radius 1 is 1.13 bits per heavy atom. The predicted molar refractivity (Wildman–Crippen MR) is 120 cm³/mol. The van der Waals surface area contributed by atoms with Gasteiger partial charge in [0.2, 0.25) is 0 Å². The summed E-state index contributed by atoms with van der Waals surface area (Å²) in [5.74, 6) is 0.726. The summed E-state index contributed by atoms with van der Waals surface area (Å²) in [4.78, 5) is 18.3. The highest BCUT2D eigenvalue weighted by molar-refractivity contribution is 6.74. The molecule has 3 rings (SSSR count). The van der Waals surface area contributed by atoms with Crippen molar-refractivity contribution in [1.29, 1.82) is 0 Å². The Bertz CT molecular complexity index is 1040. The Kier molecular flexibility index (Phi) is 6.51. The van der Waals surface area contributed by atoms with Gasteiger partial charge in [-0.1, -0.05) is 20.8 Å². The van der Waals surface area contributed by atoms with E-state index in [1.54, 1.807) is 24.5 Å². The van der Waals surface area contributed by atoms with Gasteiger partial charge in [0.25, 0.3) is 0 Å². The molecular weight excluding hydrogens is 414 g/mol. The summed E-state index contributed by atoms with van der Waals surface area (Å²) in [7, 11) is -1.78. The Labute approximate surface area is 182 Å². The third-order valence-corrected chi connectivity index (χ3v) is 9.93. The zero-order chi connectivity index (χ0) is 22.6. The fraction of sp³-hybridized carbons (Fsp3) is 0.381. The molecule has 9 nitrogen and oxygen atoms in total. The fourth-order valence-corrected chi connectivity index (χ4v) is 3.57. The average molecular weight is 442 g/mol. The van der Waals surface area contributed by atoms with Crippen LogP contribution in [0.25, 0.3) is 11.3 Å². The van der Waals surface area contributed by atoms with Crippen molar-refractivity contribution in [2.24, 2.45) is 0 Å². The molecule has 0 atom stereocenters. The van der Waals surface area contributed by atoms with Gasteiger partial charge in [0, 0.05) is 30.1 Å². The average Bonchev–Trinajstić information content (AvgIpc) is 3.16. The third-order valence-electron chi connectivity index (χ3n) is 5.39. The fourth-order valence-electron chi connectivity index (χ4n) is 2.54. The van der Waals surface area contributed by atoms with E-state index in [0.29, 0.717) is 30.3 Å². The number of aromatic nitrogens is 4. The van der Waals surface area contributed by atoms with Crippen LogP contribution in [-0.2, 0) is 11.0 Å². The normalized spacial score (nSPS) is 12.0. The highest BCUT2D eigenvalue weighted by atomic mass is 28.4. The van der Waals surface area contributed by atoms with Gasteiger partial charge in [-0.25, -0.2) is 0 Å². The molecule has 0 aliphatic carbocycles. The molecule has 0 amide bonds. The minimum absolute atomic E-state index is 0.172. The van der Waals surface area contributed by atoms with Crippen LogP contribution in [0.1, 0.15) is 20.8 Å². The first-order chi connectivity index (χ1) is 14.5. The molecule has 164 valence electrons. The number of hydrogen-bond donors (Lipinski definition) is 0. The molecule has 0 aliphatic heterocycles. The van der Waals surface area contributed by atoms with Gasteiger partial charge in [0.15, 0.2) is 20.3 Å². The molecule has 0 aromatic carbocycles. The second-order valence-electron chi connectivity index (χ2n) is 8.69. The molecular formula is C21H27N5O4Si. The lowest BCUT2D eigenvalue weighted by atomic mass is 10.2. The van der Waals surface area contributed by atoms with E-state index >= 15 is 0 Å². The molecule has 0 bridgehead atoms. The Hall–Kier alpha value is -3.11. The van der Waals surface area contributed by atoms with Gasteiger partial charge in [0.05, 0.1) is 25.0 Å². The molecule has 0 saturated heterocycles. The zero-order valence-electron chi connectivity index (χ0n) is 18.4. The largest absolute Gasteiger partial charge is 0.453 e. The van der Waals surface area contributed by atoms with Crippen LogP contribution in [0.5, 0.6) is 11.5 Å². The molecule has 0 saturated carbocycles. The molecule has 0 spiro atoms. The predicted octanol–water partition coefficient (Wildman–Crippen LogP) is 5.06. The number of ether oxygens (including phenoxy) is 1. The zero-order valence-corrected chi connectivity index (χ0v) is 19.4. The topological polar surface area (TPSA) is 105 Å². The van der Waals surface area contributed by atoms with E-state index in [2.05, 4.69) is 48.9 Å². The minimum atomic E-state index is -1.78. The Morgan fingerprint density at radius 3 is 2.55 bits per heavy atom. The van der Waals surface area contributed by atoms with E-state index in [0.717, 1.165) is 5.56 Å². The van der Waals surface area contributed by atoms with Crippen LogP contribution in [0.4, 0.5) is 5.82 Å². The van der Waals surface area contributed by atoms with Crippen molar-refractivity contribution >= 4 is 14.1 Å². The second kappa shape index (κ2) is 8.94. The molecule has 10 heteroatoms. The van der Waals surface area contributed by atoms with E-state index < -0.39 is 13.2 Å². The van der Waals surface area contributed by atoms with Crippen molar-refractivity contribution in [3.8, 4) is 22.8 Å². The number of pyridine rings is 2. The first-order valence-electron chi connectivity index (χ1n) is 9.96. The van der Waals surface area contributed by atoms with Crippen molar-refractivity contribution in [2.45, 2.75) is 45.4 Å². The lowest BCUT2D eigenvalue weighted by Crippen LogP contribution is -2.41. The van der Waals surface area contributed by atoms with Crippen LogP contribution in [-0.4, -0.2) is 39.6 Å². The number of nitro groups is 1. The van der Waals surface area contributed by atoms with Crippen LogP contribution >= 0.6 is 0 Å². The minimum Gasteiger partial charge on any atom is -0.453 e. The van der Waals surface area contributed by atoms with Crippen LogP contribution < -0.4 is 4.74 Å². The molecule has 0 unspecified atom stereocenters. The lowest BCUT2D eigenvalue weighted by Gasteiger charge is -2.36. The number of rotatable bonds is 8. The first kappa shape index (κ1) is 22.6. The van der Waals surface area contributed by atoms with E-state index in [1.165, 1.54) is 18.3 Å². The highest BCUT2D eigenvalue weighted by Crippen LogP contribution is 2.36. The number of hydrogen-bond acceptors (Lipinski definition) is 7. The van der Waals surface area contributed by atoms with E-state index in [1.807, 2.05) is 10.9 Å². The first-order valence-corrected chi connectivity index (χ1v) is 12.9. The maximum absolute atomic E-state index is 10.7. The summed E-state index contributed by atoms with van der Waals surface area (Å²) in [5, 5.41) is 15.3. The van der Waals surface area contributed by atoms with Gasteiger partial charge in [-0.3, -0.25) is 9.67 Å². The van der Waals surface area contributed by atoms with Crippen LogP contribution in [0, 0.1) is 10.1 Å². The van der Waals surface area contributed by atoms with E-state index in [-0.39, 0.29) is 10.9 Å². The maximum atomic E-state index is 10.7. The molecule has 3 aromatic rings. The maximum Gasteiger partial charge on any atom is 0.363 e. The molecule has 0 N–H and O–H groups in total. The lowest BCUT2D eigenvalue weighted by molar-refractivity contribution is -0.389. The third kappa shape index (κ3) is 5.73. The summed E-state index contributed by atoms with van der Waals surface area (Å²) >= 11 is 0. The molecule has 0 radical (unpaired) electrons. The van der Waals surface area contributed by atoms with Gasteiger partial charge in [-0.05, 0) is 40.2 Å². The van der Waals surface area contributed by atoms with Gasteiger partial charge in [-0.15, -0.1) is 0 Å². The number of nitrogens with zero attached hydrogens (tertiary/aromatic N) is 5. The SMILES string of the molecule is CC(C)(C)[Si](C)(C)OCCn1cc(-c2cc(Oc3ccc([N+](=O)[O-])nc3)ccn2)cn1. The highest BCUT2D eigenvalue weighted by Gasteiger charge is 2.36. The summed E-state index contributed by atoms with van der Waals surface area (Å²) in [6.45, 7) is 12.4. The van der Waals surface area contributed by atoms with Crippen LogP contribution in [0.15, 0.2) is 49.1 Å². The van der Waals surface area contributed by atoms with Crippen molar-refractivity contribution in [3.05, 3.63) is 59.2 Å². The summed E-state index contributed by atoms with van der Waals surface area (Å²) in [5.41, 5.74) is 1.57. The summed E-state index contributed by atoms with van der Waals surface area (Å²) < 4.78 is 13.8. The van der Waals surface area contributed by atoms with E-state index in [9.17, 15) is 10.1 Å². The van der Waals surface area contributed by atoms with Gasteiger partial charge >= 0.3 is 5.82 Å². The van der Waals surface area contributed by atoms with Gasteiger partial charge < -0.3 is 19.3 Å². The molecule has 3 aromatic heterocycles. The smallest absolute Gasteiger partial charge is 0.363 e. The summed E-state index contributed by atoms with van der Waals surface area (Å²) in [6, 6.07) is 6.30. The van der Waals surface area contributed by atoms with Gasteiger partial charge in [0.1, 0.15) is 5.75 Å². The van der Waals surface area contributed by atoms with Crippen molar-refractivity contribution in [1.82, 2.24) is 19.7 Å². The molecule has 0 fully saturated rings. The van der Waals surface area contributed by atoms with Gasteiger partial charge in [-0.2, -0.15) is 5.10 Å².